The number of aromatic amines is 1. The van der Waals surface area contributed by atoms with Crippen molar-refractivity contribution in [3.05, 3.63) is 90.0 Å². The summed E-state index contributed by atoms with van der Waals surface area (Å²) in [6.07, 6.45) is 5.28. The summed E-state index contributed by atoms with van der Waals surface area (Å²) >= 11 is 0. The van der Waals surface area contributed by atoms with Crippen molar-refractivity contribution in [2.75, 3.05) is 49.5 Å². The Morgan fingerprint density at radius 1 is 1.03 bits per heavy atom. The number of amides is 1. The standard InChI is InChI=1S/C29H32N6O3/c1-21-2-3-23(28-31-10-11-32-28)18-27(21)33-29(37)22-4-6-26(7-5-22)38-20-24-19-25(8-9-30-24)35-14-12-34(13-15-35)16-17-36/h2-11,18-19,36H,12-17,20H2,1H3,(H,31,32)(H,33,37). The predicted molar refractivity (Wildman–Crippen MR) is 147 cm³/mol. The lowest BCUT2D eigenvalue weighted by atomic mass is 10.1. The third-order valence-corrected chi connectivity index (χ3v) is 6.71. The second-order valence-electron chi connectivity index (χ2n) is 9.29. The summed E-state index contributed by atoms with van der Waals surface area (Å²) in [5.74, 6) is 1.23. The van der Waals surface area contributed by atoms with Crippen molar-refractivity contribution in [3.63, 3.8) is 0 Å². The van der Waals surface area contributed by atoms with E-state index in [0.29, 0.717) is 17.9 Å². The van der Waals surface area contributed by atoms with Crippen LogP contribution in [0.5, 0.6) is 5.75 Å². The molecule has 0 aliphatic carbocycles. The summed E-state index contributed by atoms with van der Waals surface area (Å²) in [7, 11) is 0. The van der Waals surface area contributed by atoms with Crippen LogP contribution in [0.3, 0.4) is 0 Å². The minimum Gasteiger partial charge on any atom is -0.487 e. The molecule has 9 heteroatoms. The van der Waals surface area contributed by atoms with Crippen molar-refractivity contribution in [2.45, 2.75) is 13.5 Å². The average Bonchev–Trinajstić information content (AvgIpc) is 3.49. The Balaban J connectivity index is 1.17. The van der Waals surface area contributed by atoms with Crippen molar-refractivity contribution >= 4 is 17.3 Å². The number of β-amino-alcohol motifs (C(OH)–C–C–N with tert-alkyl or cyclic N) is 1. The molecule has 3 N–H and O–H groups in total. The largest absolute Gasteiger partial charge is 0.487 e. The Morgan fingerprint density at radius 2 is 1.84 bits per heavy atom. The monoisotopic (exact) mass is 512 g/mol. The topological polar surface area (TPSA) is 107 Å². The molecule has 2 aromatic heterocycles. The van der Waals surface area contributed by atoms with Gasteiger partial charge in [0.1, 0.15) is 18.2 Å². The van der Waals surface area contributed by atoms with Crippen molar-refractivity contribution in [1.82, 2.24) is 19.9 Å². The molecule has 0 atom stereocenters. The number of rotatable bonds is 9. The third kappa shape index (κ3) is 6.19. The molecule has 1 amide bonds. The van der Waals surface area contributed by atoms with Gasteiger partial charge < -0.3 is 25.0 Å². The number of aliphatic hydroxyl groups is 1. The van der Waals surface area contributed by atoms with E-state index >= 15 is 0 Å². The van der Waals surface area contributed by atoms with Gasteiger partial charge in [0.15, 0.2) is 0 Å². The molecule has 5 rings (SSSR count). The molecule has 0 bridgehead atoms. The van der Waals surface area contributed by atoms with Gasteiger partial charge in [0.2, 0.25) is 0 Å². The number of aliphatic hydroxyl groups excluding tert-OH is 1. The molecule has 1 aliphatic heterocycles. The van der Waals surface area contributed by atoms with E-state index in [2.05, 4.69) is 36.1 Å². The number of nitrogens with one attached hydrogen (secondary N) is 2. The quantitative estimate of drug-likeness (QED) is 0.314. The summed E-state index contributed by atoms with van der Waals surface area (Å²) in [5, 5.41) is 12.1. The molecule has 1 aliphatic rings. The zero-order valence-corrected chi connectivity index (χ0v) is 21.4. The minimum atomic E-state index is -0.190. The second-order valence-corrected chi connectivity index (χ2v) is 9.29. The summed E-state index contributed by atoms with van der Waals surface area (Å²) in [6.45, 7) is 6.92. The number of benzene rings is 2. The molecule has 3 heterocycles. The predicted octanol–water partition coefficient (Wildman–Crippen LogP) is 3.73. The number of imidazole rings is 1. The number of carbonyl (C=O) groups is 1. The SMILES string of the molecule is Cc1ccc(-c2ncc[nH]2)cc1NC(=O)c1ccc(OCc2cc(N3CCN(CCO)CC3)ccn2)cc1. The summed E-state index contributed by atoms with van der Waals surface area (Å²) in [5.41, 5.74) is 5.12. The van der Waals surface area contributed by atoms with E-state index in [9.17, 15) is 4.79 Å². The van der Waals surface area contributed by atoms with Gasteiger partial charge in [-0.15, -0.1) is 0 Å². The molecule has 38 heavy (non-hydrogen) atoms. The van der Waals surface area contributed by atoms with Crippen LogP contribution >= 0.6 is 0 Å². The van der Waals surface area contributed by atoms with Gasteiger partial charge in [-0.3, -0.25) is 14.7 Å². The van der Waals surface area contributed by atoms with Gasteiger partial charge in [0.25, 0.3) is 5.91 Å². The number of piperazine rings is 1. The van der Waals surface area contributed by atoms with Gasteiger partial charge in [-0.05, 0) is 55.0 Å². The number of anilines is 2. The van der Waals surface area contributed by atoms with Crippen LogP contribution in [0.2, 0.25) is 0 Å². The lowest BCUT2D eigenvalue weighted by Gasteiger charge is -2.35. The Hall–Kier alpha value is -4.21. The highest BCUT2D eigenvalue weighted by Gasteiger charge is 2.17. The van der Waals surface area contributed by atoms with Gasteiger partial charge >= 0.3 is 0 Å². The normalized spacial score (nSPS) is 13.9. The Bertz CT molecular complexity index is 1350. The number of aryl methyl sites for hydroxylation is 1. The van der Waals surface area contributed by atoms with Gasteiger partial charge in [-0.25, -0.2) is 4.98 Å². The molecule has 196 valence electrons. The van der Waals surface area contributed by atoms with E-state index in [0.717, 1.165) is 66.7 Å². The number of hydrogen-bond donors (Lipinski definition) is 3. The van der Waals surface area contributed by atoms with E-state index in [4.69, 9.17) is 9.84 Å². The molecule has 9 nitrogen and oxygen atoms in total. The van der Waals surface area contributed by atoms with E-state index in [1.165, 1.54) is 0 Å². The fraction of sp³-hybridized carbons (Fsp3) is 0.276. The summed E-state index contributed by atoms with van der Waals surface area (Å²) in [6, 6.07) is 17.0. The molecular weight excluding hydrogens is 480 g/mol. The fourth-order valence-corrected chi connectivity index (χ4v) is 4.49. The highest BCUT2D eigenvalue weighted by atomic mass is 16.5. The number of ether oxygens (including phenoxy) is 1. The van der Waals surface area contributed by atoms with Crippen LogP contribution in [0.15, 0.2) is 73.2 Å². The fourth-order valence-electron chi connectivity index (χ4n) is 4.49. The molecule has 0 saturated carbocycles. The zero-order chi connectivity index (χ0) is 26.3. The maximum atomic E-state index is 12.9. The van der Waals surface area contributed by atoms with Crippen LogP contribution < -0.4 is 15.0 Å². The second kappa shape index (κ2) is 11.9. The number of H-pyrrole nitrogens is 1. The maximum Gasteiger partial charge on any atom is 0.255 e. The smallest absolute Gasteiger partial charge is 0.255 e. The van der Waals surface area contributed by atoms with Crippen LogP contribution in [-0.2, 0) is 6.61 Å². The van der Waals surface area contributed by atoms with Crippen LogP contribution in [-0.4, -0.2) is 70.2 Å². The number of nitrogens with zero attached hydrogens (tertiary/aromatic N) is 4. The number of hydrogen-bond acceptors (Lipinski definition) is 7. The Morgan fingerprint density at radius 3 is 2.58 bits per heavy atom. The van der Waals surface area contributed by atoms with E-state index in [1.54, 1.807) is 36.7 Å². The minimum absolute atomic E-state index is 0.190. The first-order valence-electron chi connectivity index (χ1n) is 12.8. The van der Waals surface area contributed by atoms with Gasteiger partial charge in [0.05, 0.1) is 12.3 Å². The van der Waals surface area contributed by atoms with Crippen molar-refractivity contribution in [1.29, 1.82) is 0 Å². The van der Waals surface area contributed by atoms with Crippen molar-refractivity contribution in [3.8, 4) is 17.1 Å². The number of pyridine rings is 1. The molecule has 1 fully saturated rings. The van der Waals surface area contributed by atoms with Gasteiger partial charge in [-0.2, -0.15) is 0 Å². The molecule has 0 spiro atoms. The van der Waals surface area contributed by atoms with E-state index < -0.39 is 0 Å². The number of aromatic nitrogens is 3. The lowest BCUT2D eigenvalue weighted by molar-refractivity contribution is 0.102. The van der Waals surface area contributed by atoms with Crippen molar-refractivity contribution < 1.29 is 14.6 Å². The van der Waals surface area contributed by atoms with E-state index in [1.807, 2.05) is 37.4 Å². The third-order valence-electron chi connectivity index (χ3n) is 6.71. The van der Waals surface area contributed by atoms with Gasteiger partial charge in [-0.1, -0.05) is 12.1 Å². The van der Waals surface area contributed by atoms with Crippen LogP contribution in [0.4, 0.5) is 11.4 Å². The van der Waals surface area contributed by atoms with Crippen LogP contribution in [0.1, 0.15) is 21.6 Å². The average molecular weight is 513 g/mol. The maximum absolute atomic E-state index is 12.9. The van der Waals surface area contributed by atoms with Gasteiger partial charge in [0, 0.05) is 73.8 Å². The Labute approximate surface area is 222 Å². The Kier molecular flexibility index (Phi) is 7.96. The molecular formula is C29H32N6O3. The molecule has 0 unspecified atom stereocenters. The van der Waals surface area contributed by atoms with Crippen LogP contribution in [0, 0.1) is 6.92 Å². The molecule has 1 saturated heterocycles. The van der Waals surface area contributed by atoms with Crippen LogP contribution in [0.25, 0.3) is 11.4 Å². The number of carbonyl (C=O) groups excluding carboxylic acids is 1. The first-order valence-corrected chi connectivity index (χ1v) is 12.8. The zero-order valence-electron chi connectivity index (χ0n) is 21.4. The first-order chi connectivity index (χ1) is 18.6. The summed E-state index contributed by atoms with van der Waals surface area (Å²) < 4.78 is 5.95. The molecule has 2 aromatic carbocycles. The van der Waals surface area contributed by atoms with Crippen molar-refractivity contribution in [2.24, 2.45) is 0 Å². The van der Waals surface area contributed by atoms with E-state index in [-0.39, 0.29) is 12.5 Å². The molecule has 4 aromatic rings. The highest BCUT2D eigenvalue weighted by molar-refractivity contribution is 6.05. The highest BCUT2D eigenvalue weighted by Crippen LogP contribution is 2.24. The lowest BCUT2D eigenvalue weighted by Crippen LogP contribution is -2.47. The molecule has 0 radical (unpaired) electrons. The first kappa shape index (κ1) is 25.4. The summed E-state index contributed by atoms with van der Waals surface area (Å²) in [4.78, 5) is 29.3.